The molecule has 0 spiro atoms. The average Bonchev–Trinajstić information content (AvgIpc) is 2.72. The predicted octanol–water partition coefficient (Wildman–Crippen LogP) is 1.64. The monoisotopic (exact) mass is 412 g/mol. The molecule has 2 aromatic rings. The molecular weight excluding hydrogens is 387 g/mol. The van der Waals surface area contributed by atoms with Gasteiger partial charge in [-0.2, -0.15) is 5.10 Å². The Morgan fingerprint density at radius 1 is 1.27 bits per heavy atom. The average molecular weight is 412 g/mol. The summed E-state index contributed by atoms with van der Waals surface area (Å²) in [4.78, 5) is 38.1. The number of carbonyl (C=O) groups excluding carboxylic acids is 2. The molecule has 1 aliphatic carbocycles. The Labute approximate surface area is 173 Å². The van der Waals surface area contributed by atoms with Crippen LogP contribution in [0.15, 0.2) is 41.2 Å². The fourth-order valence-electron chi connectivity index (χ4n) is 4.48. The second-order valence-corrected chi connectivity index (χ2v) is 8.15. The summed E-state index contributed by atoms with van der Waals surface area (Å²) in [6.07, 6.45) is 2.56. The second-order valence-electron chi connectivity index (χ2n) is 8.15. The molecule has 30 heavy (non-hydrogen) atoms. The van der Waals surface area contributed by atoms with Crippen molar-refractivity contribution in [3.05, 3.63) is 63.8 Å². The molecule has 2 amide bonds. The highest BCUT2D eigenvalue weighted by atomic mass is 19.1. The van der Waals surface area contributed by atoms with E-state index in [0.29, 0.717) is 37.5 Å². The van der Waals surface area contributed by atoms with Crippen LogP contribution in [0.2, 0.25) is 0 Å². The number of nitrogens with one attached hydrogen (secondary N) is 2. The lowest BCUT2D eigenvalue weighted by molar-refractivity contribution is -0.145. The van der Waals surface area contributed by atoms with Crippen LogP contribution >= 0.6 is 0 Å². The van der Waals surface area contributed by atoms with Crippen LogP contribution in [0.1, 0.15) is 30.5 Å². The molecule has 0 unspecified atom stereocenters. The third kappa shape index (κ3) is 4.58. The number of fused-ring (bicyclic) bond motifs is 1. The number of benzene rings is 1. The third-order valence-corrected chi connectivity index (χ3v) is 6.26. The molecule has 1 aromatic carbocycles. The van der Waals surface area contributed by atoms with E-state index in [2.05, 4.69) is 15.5 Å². The maximum atomic E-state index is 13.3. The van der Waals surface area contributed by atoms with Crippen LogP contribution in [0.25, 0.3) is 0 Å². The zero-order valence-electron chi connectivity index (χ0n) is 16.6. The first-order valence-electron chi connectivity index (χ1n) is 10.3. The predicted molar refractivity (Wildman–Crippen MR) is 108 cm³/mol. The van der Waals surface area contributed by atoms with Gasteiger partial charge in [-0.05, 0) is 48.4 Å². The number of aromatic amines is 1. The first-order chi connectivity index (χ1) is 14.5. The zero-order chi connectivity index (χ0) is 21.1. The molecule has 1 saturated heterocycles. The summed E-state index contributed by atoms with van der Waals surface area (Å²) in [6.45, 7) is 1.62. The molecular formula is C22H25FN4O3. The maximum Gasteiger partial charge on any atom is 0.264 e. The first kappa shape index (κ1) is 20.3. The molecule has 2 N–H and O–H groups in total. The number of amides is 2. The Bertz CT molecular complexity index is 972. The van der Waals surface area contributed by atoms with E-state index < -0.39 is 0 Å². The normalized spacial score (nSPS) is 22.7. The quantitative estimate of drug-likeness (QED) is 0.754. The largest absolute Gasteiger partial charge is 0.352 e. The number of carbonyl (C=O) groups is 2. The van der Waals surface area contributed by atoms with E-state index in [1.807, 2.05) is 4.90 Å². The summed E-state index contributed by atoms with van der Waals surface area (Å²) >= 11 is 0. The maximum absolute atomic E-state index is 13.3. The van der Waals surface area contributed by atoms with Crippen molar-refractivity contribution in [3.63, 3.8) is 0 Å². The minimum atomic E-state index is -0.316. The minimum Gasteiger partial charge on any atom is -0.352 e. The van der Waals surface area contributed by atoms with Crippen molar-refractivity contribution in [2.24, 2.45) is 17.8 Å². The number of piperidine rings is 1. The highest BCUT2D eigenvalue weighted by Gasteiger charge is 2.48. The van der Waals surface area contributed by atoms with Gasteiger partial charge in [0.25, 0.3) is 5.56 Å². The van der Waals surface area contributed by atoms with Crippen LogP contribution in [0.5, 0.6) is 0 Å². The van der Waals surface area contributed by atoms with Crippen molar-refractivity contribution in [2.45, 2.75) is 32.2 Å². The highest BCUT2D eigenvalue weighted by molar-refractivity contribution is 5.81. The zero-order valence-corrected chi connectivity index (χ0v) is 16.6. The van der Waals surface area contributed by atoms with Gasteiger partial charge < -0.3 is 10.2 Å². The Morgan fingerprint density at radius 3 is 2.90 bits per heavy atom. The van der Waals surface area contributed by atoms with Gasteiger partial charge in [0.15, 0.2) is 0 Å². The van der Waals surface area contributed by atoms with Gasteiger partial charge in [-0.15, -0.1) is 0 Å². The van der Waals surface area contributed by atoms with E-state index in [0.717, 1.165) is 24.9 Å². The molecule has 7 nitrogen and oxygen atoms in total. The van der Waals surface area contributed by atoms with E-state index >= 15 is 0 Å². The van der Waals surface area contributed by atoms with Crippen molar-refractivity contribution in [2.75, 3.05) is 13.1 Å². The standard InChI is InChI=1S/C22H25FN4O3/c23-16-3-1-2-14(10-16)12-24-22(30)18-11-15-8-9-27(13-19(15)18)21(29)7-5-17-4-6-20(28)26-25-17/h1-4,6,10,15,18-19H,5,7-9,11-13H2,(H,24,30)(H,26,28)/t15-,18-,19-/m1/s1. The van der Waals surface area contributed by atoms with E-state index in [9.17, 15) is 18.8 Å². The first-order valence-corrected chi connectivity index (χ1v) is 10.3. The van der Waals surface area contributed by atoms with Gasteiger partial charge in [-0.1, -0.05) is 12.1 Å². The molecule has 2 heterocycles. The van der Waals surface area contributed by atoms with E-state index in [4.69, 9.17) is 0 Å². The lowest BCUT2D eigenvalue weighted by Crippen LogP contribution is -2.56. The summed E-state index contributed by atoms with van der Waals surface area (Å²) in [7, 11) is 0. The molecule has 8 heteroatoms. The number of hydrogen-bond acceptors (Lipinski definition) is 4. The second kappa shape index (κ2) is 8.77. The van der Waals surface area contributed by atoms with Gasteiger partial charge in [0.2, 0.25) is 11.8 Å². The fourth-order valence-corrected chi connectivity index (χ4v) is 4.48. The van der Waals surface area contributed by atoms with Gasteiger partial charge in [-0.25, -0.2) is 9.49 Å². The van der Waals surface area contributed by atoms with Crippen molar-refractivity contribution in [1.82, 2.24) is 20.4 Å². The Morgan fingerprint density at radius 2 is 2.13 bits per heavy atom. The molecule has 1 aromatic heterocycles. The Balaban J connectivity index is 1.27. The van der Waals surface area contributed by atoms with Gasteiger partial charge in [0, 0.05) is 44.5 Å². The van der Waals surface area contributed by atoms with Crippen LogP contribution < -0.4 is 10.9 Å². The third-order valence-electron chi connectivity index (χ3n) is 6.26. The van der Waals surface area contributed by atoms with Crippen LogP contribution in [-0.4, -0.2) is 40.0 Å². The summed E-state index contributed by atoms with van der Waals surface area (Å²) in [5.41, 5.74) is 1.14. The number of hydrogen-bond donors (Lipinski definition) is 2. The molecule has 1 saturated carbocycles. The number of halogens is 1. The van der Waals surface area contributed by atoms with Crippen molar-refractivity contribution < 1.29 is 14.0 Å². The number of likely N-dealkylation sites (tertiary alicyclic amines) is 1. The number of H-pyrrole nitrogens is 1. The van der Waals surface area contributed by atoms with E-state index in [1.165, 1.54) is 18.2 Å². The van der Waals surface area contributed by atoms with Gasteiger partial charge in [0.1, 0.15) is 5.82 Å². The van der Waals surface area contributed by atoms with Crippen LogP contribution in [0.4, 0.5) is 4.39 Å². The lowest BCUT2D eigenvalue weighted by Gasteiger charge is -2.50. The number of aromatic nitrogens is 2. The molecule has 158 valence electrons. The van der Waals surface area contributed by atoms with Gasteiger partial charge in [-0.3, -0.25) is 14.4 Å². The summed E-state index contributed by atoms with van der Waals surface area (Å²) < 4.78 is 13.3. The van der Waals surface area contributed by atoms with Gasteiger partial charge in [0.05, 0.1) is 5.69 Å². The SMILES string of the molecule is O=C(NCc1cccc(F)c1)[C@@H]1C[C@H]2CCN(C(=O)CCc3ccc(=O)[nH]n3)C[C@H]21. The number of nitrogens with zero attached hydrogens (tertiary/aromatic N) is 2. The van der Waals surface area contributed by atoms with Crippen LogP contribution in [0, 0.1) is 23.6 Å². The molecule has 2 fully saturated rings. The molecule has 3 atom stereocenters. The minimum absolute atomic E-state index is 0.0211. The van der Waals surface area contributed by atoms with E-state index in [-0.39, 0.29) is 35.0 Å². The number of aryl methyl sites for hydroxylation is 1. The summed E-state index contributed by atoms with van der Waals surface area (Å²) in [6, 6.07) is 9.24. The smallest absolute Gasteiger partial charge is 0.264 e. The molecule has 0 bridgehead atoms. The highest BCUT2D eigenvalue weighted by Crippen LogP contribution is 2.45. The van der Waals surface area contributed by atoms with E-state index in [1.54, 1.807) is 18.2 Å². The van der Waals surface area contributed by atoms with Crippen molar-refractivity contribution in [3.8, 4) is 0 Å². The lowest BCUT2D eigenvalue weighted by atomic mass is 9.61. The Hall–Kier alpha value is -3.03. The van der Waals surface area contributed by atoms with Gasteiger partial charge >= 0.3 is 0 Å². The molecule has 1 aliphatic heterocycles. The molecule has 4 rings (SSSR count). The molecule has 2 aliphatic rings. The van der Waals surface area contributed by atoms with Crippen LogP contribution in [-0.2, 0) is 22.6 Å². The Kier molecular flexibility index (Phi) is 5.92. The summed E-state index contributed by atoms with van der Waals surface area (Å²) in [5.74, 6) is 0.282. The van der Waals surface area contributed by atoms with Crippen molar-refractivity contribution in [1.29, 1.82) is 0 Å². The molecule has 0 radical (unpaired) electrons. The van der Waals surface area contributed by atoms with Crippen LogP contribution in [0.3, 0.4) is 0 Å². The summed E-state index contributed by atoms with van der Waals surface area (Å²) in [5, 5.41) is 9.22. The topological polar surface area (TPSA) is 95.2 Å². The van der Waals surface area contributed by atoms with Crippen molar-refractivity contribution >= 4 is 11.8 Å². The fraction of sp³-hybridized carbons (Fsp3) is 0.455. The number of rotatable bonds is 6.